The predicted octanol–water partition coefficient (Wildman–Crippen LogP) is 5.74. The molecule has 17 heteroatoms. The number of alkyl halides is 6. The third-order valence-electron chi connectivity index (χ3n) is 7.47. The first-order valence-electron chi connectivity index (χ1n) is 13.7. The van der Waals surface area contributed by atoms with Crippen LogP contribution in [0.15, 0.2) is 40.8 Å². The molecule has 1 amide bonds. The van der Waals surface area contributed by atoms with Gasteiger partial charge in [0.2, 0.25) is 5.91 Å². The lowest BCUT2D eigenvalue weighted by atomic mass is 9.92. The van der Waals surface area contributed by atoms with Crippen molar-refractivity contribution in [1.29, 1.82) is 0 Å². The summed E-state index contributed by atoms with van der Waals surface area (Å²) in [6.07, 6.45) is -7.59. The molecular weight excluding hydrogens is 604 g/mol. The van der Waals surface area contributed by atoms with Crippen molar-refractivity contribution in [3.8, 4) is 5.75 Å². The lowest BCUT2D eigenvalue weighted by Gasteiger charge is -2.34. The monoisotopic (exact) mass is 631 g/mol. The van der Waals surface area contributed by atoms with Crippen molar-refractivity contribution >= 4 is 34.4 Å². The number of aromatic nitrogens is 1. The summed E-state index contributed by atoms with van der Waals surface area (Å²) in [5.74, 6) is -0.615. The number of nitrogens with zero attached hydrogens (tertiary/aromatic N) is 4. The molecule has 1 saturated carbocycles. The Bertz CT molecular complexity index is 1500. The Kier molecular flexibility index (Phi) is 8.76. The van der Waals surface area contributed by atoms with Crippen molar-refractivity contribution in [1.82, 2.24) is 9.88 Å². The zero-order valence-electron chi connectivity index (χ0n) is 23.0. The van der Waals surface area contributed by atoms with Gasteiger partial charge < -0.3 is 29.0 Å². The van der Waals surface area contributed by atoms with E-state index in [9.17, 15) is 41.3 Å². The lowest BCUT2D eigenvalue weighted by molar-refractivity contribution is -0.388. The van der Waals surface area contributed by atoms with E-state index in [1.165, 1.54) is 12.1 Å². The van der Waals surface area contributed by atoms with Crippen LogP contribution in [-0.4, -0.2) is 72.0 Å². The predicted molar refractivity (Wildman–Crippen MR) is 143 cm³/mol. The Labute approximate surface area is 245 Å². The highest BCUT2D eigenvalue weighted by Crippen LogP contribution is 2.38. The highest BCUT2D eigenvalue weighted by molar-refractivity contribution is 5.78. The number of anilines is 2. The zero-order chi connectivity index (χ0) is 31.6. The number of piperazine rings is 1. The van der Waals surface area contributed by atoms with Gasteiger partial charge >= 0.3 is 12.5 Å². The van der Waals surface area contributed by atoms with Crippen molar-refractivity contribution in [3.05, 3.63) is 52.1 Å². The Balaban J connectivity index is 1.05. The number of benzene rings is 2. The number of ether oxygens (including phenoxy) is 2. The summed E-state index contributed by atoms with van der Waals surface area (Å²) in [6.45, 7) is 1.36. The molecule has 1 N–H and O–H groups in total. The van der Waals surface area contributed by atoms with Crippen LogP contribution in [0.2, 0.25) is 0 Å². The topological polar surface area (TPSA) is 123 Å². The van der Waals surface area contributed by atoms with Gasteiger partial charge in [0, 0.05) is 50.0 Å². The van der Waals surface area contributed by atoms with Gasteiger partial charge in [-0.15, -0.1) is 13.2 Å². The molecule has 0 radical (unpaired) electrons. The number of fused-ring (bicyclic) bond motifs is 1. The van der Waals surface area contributed by atoms with Crippen LogP contribution in [-0.2, 0) is 15.7 Å². The SMILES string of the molecule is O=C(COC1CCC(Nc2ccc([N+](=O)[O-])c(C(F)(F)F)c2)CC1)N1CCN(c2nc3cc(OC(F)(F)F)ccc3o2)CC1. The second-order valence-electron chi connectivity index (χ2n) is 10.5. The smallest absolute Gasteiger partial charge is 0.423 e. The van der Waals surface area contributed by atoms with Crippen molar-refractivity contribution in [2.24, 2.45) is 0 Å². The summed E-state index contributed by atoms with van der Waals surface area (Å²) in [7, 11) is 0. The number of nitrogens with one attached hydrogen (secondary N) is 1. The van der Waals surface area contributed by atoms with Crippen molar-refractivity contribution in [3.63, 3.8) is 0 Å². The first kappa shape index (κ1) is 31.2. The minimum Gasteiger partial charge on any atom is -0.423 e. The van der Waals surface area contributed by atoms with E-state index in [2.05, 4.69) is 15.0 Å². The summed E-state index contributed by atoms with van der Waals surface area (Å²) < 4.78 is 92.7. The number of amides is 1. The van der Waals surface area contributed by atoms with Crippen LogP contribution in [0.5, 0.6) is 5.75 Å². The number of nitro groups is 1. The van der Waals surface area contributed by atoms with Crippen LogP contribution in [0.25, 0.3) is 11.1 Å². The van der Waals surface area contributed by atoms with Gasteiger partial charge in [0.1, 0.15) is 23.4 Å². The molecule has 2 heterocycles. The molecule has 1 aromatic heterocycles. The minimum atomic E-state index is -4.86. The van der Waals surface area contributed by atoms with Gasteiger partial charge in [0.05, 0.1) is 11.0 Å². The van der Waals surface area contributed by atoms with E-state index in [4.69, 9.17) is 9.15 Å². The second kappa shape index (κ2) is 12.4. The van der Waals surface area contributed by atoms with Gasteiger partial charge in [-0.1, -0.05) is 0 Å². The quantitative estimate of drug-likeness (QED) is 0.188. The molecule has 0 atom stereocenters. The van der Waals surface area contributed by atoms with Gasteiger partial charge in [-0.05, 0) is 49.9 Å². The van der Waals surface area contributed by atoms with E-state index in [1.807, 2.05) is 0 Å². The van der Waals surface area contributed by atoms with Crippen LogP contribution < -0.4 is 15.0 Å². The normalized spacial score (nSPS) is 19.7. The lowest BCUT2D eigenvalue weighted by Crippen LogP contribution is -2.50. The fourth-order valence-electron chi connectivity index (χ4n) is 5.28. The number of halogens is 6. The molecule has 238 valence electrons. The Morgan fingerprint density at radius 2 is 1.73 bits per heavy atom. The van der Waals surface area contributed by atoms with Crippen LogP contribution in [0.3, 0.4) is 0 Å². The first-order chi connectivity index (χ1) is 20.7. The van der Waals surface area contributed by atoms with E-state index >= 15 is 0 Å². The fourth-order valence-corrected chi connectivity index (χ4v) is 5.28. The molecule has 1 aliphatic heterocycles. The number of carbonyl (C=O) groups excluding carboxylic acids is 1. The fraction of sp³-hybridized carbons (Fsp3) is 0.481. The van der Waals surface area contributed by atoms with Gasteiger partial charge in [0.15, 0.2) is 5.58 Å². The summed E-state index contributed by atoms with van der Waals surface area (Å²) in [5.41, 5.74) is -1.68. The number of rotatable bonds is 8. The molecule has 5 rings (SSSR count). The van der Waals surface area contributed by atoms with E-state index in [0.717, 1.165) is 24.3 Å². The molecule has 44 heavy (non-hydrogen) atoms. The summed E-state index contributed by atoms with van der Waals surface area (Å²) >= 11 is 0. The highest BCUT2D eigenvalue weighted by Gasteiger charge is 2.39. The standard InChI is InChI=1S/C27H27F6N5O6/c28-26(29,30)20-13-17(3-7-22(20)38(40)41)34-16-1-4-18(5-2-16)42-15-24(39)36-9-11-37(12-10-36)25-35-21-14-19(44-27(31,32)33)6-8-23(21)43-25/h3,6-8,13-14,16,18,34H,1-2,4-5,9-12,15H2. The van der Waals surface area contributed by atoms with Gasteiger partial charge in [0.25, 0.3) is 11.7 Å². The van der Waals surface area contributed by atoms with Crippen molar-refractivity contribution in [2.75, 3.05) is 43.0 Å². The molecule has 1 aliphatic carbocycles. The second-order valence-corrected chi connectivity index (χ2v) is 10.5. The summed E-state index contributed by atoms with van der Waals surface area (Å²) in [6, 6.07) is 6.51. The summed E-state index contributed by atoms with van der Waals surface area (Å²) in [5, 5.41) is 14.0. The Hall–Kier alpha value is -4.28. The third-order valence-corrected chi connectivity index (χ3v) is 7.47. The molecule has 2 aromatic carbocycles. The maximum Gasteiger partial charge on any atom is 0.573 e. The molecule has 2 fully saturated rings. The Morgan fingerprint density at radius 3 is 2.36 bits per heavy atom. The average Bonchev–Trinajstić information content (AvgIpc) is 3.39. The molecule has 2 aliphatic rings. The molecular formula is C27H27F6N5O6. The third kappa shape index (κ3) is 7.62. The van der Waals surface area contributed by atoms with Crippen LogP contribution in [0.4, 0.5) is 43.7 Å². The zero-order valence-corrected chi connectivity index (χ0v) is 23.0. The van der Waals surface area contributed by atoms with E-state index in [-0.39, 0.29) is 41.9 Å². The number of nitro benzene ring substituents is 1. The van der Waals surface area contributed by atoms with Crippen molar-refractivity contribution in [2.45, 2.75) is 50.4 Å². The molecule has 1 saturated heterocycles. The van der Waals surface area contributed by atoms with E-state index in [1.54, 1.807) is 9.80 Å². The van der Waals surface area contributed by atoms with Crippen molar-refractivity contribution < 1.29 is 50.0 Å². The number of carbonyl (C=O) groups is 1. The van der Waals surface area contributed by atoms with Gasteiger partial charge in [-0.3, -0.25) is 14.9 Å². The number of oxazole rings is 1. The number of hydrogen-bond donors (Lipinski definition) is 1. The van der Waals surface area contributed by atoms with E-state index in [0.29, 0.717) is 57.4 Å². The first-order valence-corrected chi connectivity index (χ1v) is 13.7. The molecule has 0 unspecified atom stereocenters. The van der Waals surface area contributed by atoms with Crippen LogP contribution in [0.1, 0.15) is 31.2 Å². The maximum atomic E-state index is 13.3. The van der Waals surface area contributed by atoms with Crippen LogP contribution in [0, 0.1) is 10.1 Å². The largest absolute Gasteiger partial charge is 0.573 e. The van der Waals surface area contributed by atoms with E-state index < -0.39 is 34.5 Å². The maximum absolute atomic E-state index is 13.3. The average molecular weight is 632 g/mol. The summed E-state index contributed by atoms with van der Waals surface area (Å²) in [4.78, 5) is 30.3. The molecule has 11 nitrogen and oxygen atoms in total. The molecule has 0 spiro atoms. The highest BCUT2D eigenvalue weighted by atomic mass is 19.4. The van der Waals surface area contributed by atoms with Gasteiger partial charge in [-0.25, -0.2) is 0 Å². The Morgan fingerprint density at radius 1 is 1.02 bits per heavy atom. The van der Waals surface area contributed by atoms with Gasteiger partial charge in [-0.2, -0.15) is 18.2 Å². The molecule has 3 aromatic rings. The molecule has 0 bridgehead atoms. The minimum absolute atomic E-state index is 0.134. The van der Waals surface area contributed by atoms with Crippen LogP contribution >= 0.6 is 0 Å². The number of hydrogen-bond acceptors (Lipinski definition) is 9.